The fourth-order valence-corrected chi connectivity index (χ4v) is 3.39. The van der Waals surface area contributed by atoms with Gasteiger partial charge in [0.2, 0.25) is 0 Å². The van der Waals surface area contributed by atoms with Crippen molar-refractivity contribution in [2.45, 2.75) is 38.6 Å². The molecule has 0 unspecified atom stereocenters. The normalized spacial score (nSPS) is 13.5. The number of amides is 1. The van der Waals surface area contributed by atoms with Gasteiger partial charge in [-0.05, 0) is 37.5 Å². The van der Waals surface area contributed by atoms with Gasteiger partial charge in [0.1, 0.15) is 0 Å². The van der Waals surface area contributed by atoms with Crippen molar-refractivity contribution in [3.05, 3.63) is 41.7 Å². The molecule has 7 nitrogen and oxygen atoms in total. The number of ether oxygens (including phenoxy) is 2. The van der Waals surface area contributed by atoms with Crippen molar-refractivity contribution in [1.82, 2.24) is 14.8 Å². The number of aryl methyl sites for hydroxylation is 1. The molecule has 1 aliphatic carbocycles. The number of fused-ring (bicyclic) bond motifs is 1. The summed E-state index contributed by atoms with van der Waals surface area (Å²) in [4.78, 5) is 18.0. The van der Waals surface area contributed by atoms with Gasteiger partial charge in [0.25, 0.3) is 5.91 Å². The molecule has 0 saturated heterocycles. The van der Waals surface area contributed by atoms with Crippen LogP contribution in [0.1, 0.15) is 48.2 Å². The Kier molecular flexibility index (Phi) is 4.90. The fraction of sp³-hybridized carbons (Fsp3) is 0.381. The third kappa shape index (κ3) is 3.28. The number of anilines is 1. The molecule has 1 amide bonds. The second-order valence-corrected chi connectivity index (χ2v) is 6.97. The second kappa shape index (κ2) is 7.50. The highest BCUT2D eigenvalue weighted by Gasteiger charge is 2.28. The van der Waals surface area contributed by atoms with Gasteiger partial charge in [-0.15, -0.1) is 0 Å². The topological polar surface area (TPSA) is 78.3 Å². The van der Waals surface area contributed by atoms with Crippen LogP contribution in [0, 0.1) is 0 Å². The molecule has 1 N–H and O–H groups in total. The molecule has 146 valence electrons. The summed E-state index contributed by atoms with van der Waals surface area (Å²) in [7, 11) is 3.12. The Morgan fingerprint density at radius 3 is 2.79 bits per heavy atom. The molecule has 0 aliphatic heterocycles. The van der Waals surface area contributed by atoms with Crippen LogP contribution in [0.25, 0.3) is 11.0 Å². The van der Waals surface area contributed by atoms with Crippen LogP contribution in [0.2, 0.25) is 0 Å². The van der Waals surface area contributed by atoms with Gasteiger partial charge in [-0.25, -0.2) is 9.67 Å². The molecular weight excluding hydrogens is 356 g/mol. The van der Waals surface area contributed by atoms with Gasteiger partial charge in [0.15, 0.2) is 17.1 Å². The lowest BCUT2D eigenvalue weighted by molar-refractivity contribution is 0.102. The van der Waals surface area contributed by atoms with E-state index >= 15 is 0 Å². The molecule has 4 rings (SSSR count). The third-order valence-corrected chi connectivity index (χ3v) is 4.96. The van der Waals surface area contributed by atoms with Crippen LogP contribution in [0.5, 0.6) is 11.5 Å². The van der Waals surface area contributed by atoms with E-state index in [4.69, 9.17) is 14.5 Å². The van der Waals surface area contributed by atoms with E-state index in [1.54, 1.807) is 32.5 Å². The maximum atomic E-state index is 13.2. The third-order valence-electron chi connectivity index (χ3n) is 4.96. The molecule has 1 fully saturated rings. The molecule has 0 atom stereocenters. The lowest BCUT2D eigenvalue weighted by Crippen LogP contribution is -2.14. The average Bonchev–Trinajstić information content (AvgIpc) is 3.49. The Labute approximate surface area is 163 Å². The molecule has 7 heteroatoms. The Hall–Kier alpha value is -3.09. The van der Waals surface area contributed by atoms with E-state index in [1.165, 1.54) is 0 Å². The minimum absolute atomic E-state index is 0.211. The first-order valence-electron chi connectivity index (χ1n) is 9.55. The number of carbonyl (C=O) groups excluding carboxylic acids is 1. The number of rotatable bonds is 7. The van der Waals surface area contributed by atoms with E-state index in [1.807, 2.05) is 16.8 Å². The Balaban J connectivity index is 1.75. The molecule has 28 heavy (non-hydrogen) atoms. The van der Waals surface area contributed by atoms with Crippen LogP contribution >= 0.6 is 0 Å². The summed E-state index contributed by atoms with van der Waals surface area (Å²) < 4.78 is 12.6. The van der Waals surface area contributed by atoms with Crippen LogP contribution < -0.4 is 14.8 Å². The quantitative estimate of drug-likeness (QED) is 0.671. The number of nitrogens with one attached hydrogen (secondary N) is 1. The lowest BCUT2D eigenvalue weighted by atomic mass is 10.1. The molecule has 2 aromatic heterocycles. The van der Waals surface area contributed by atoms with Gasteiger partial charge in [-0.2, -0.15) is 5.10 Å². The van der Waals surface area contributed by atoms with Crippen LogP contribution in [0.3, 0.4) is 0 Å². The molecule has 3 aromatic rings. The number of nitrogens with zero attached hydrogens (tertiary/aromatic N) is 3. The first-order valence-corrected chi connectivity index (χ1v) is 9.55. The highest BCUT2D eigenvalue weighted by Crippen LogP contribution is 2.40. The average molecular weight is 380 g/mol. The number of methoxy groups -OCH3 is 2. The number of carbonyl (C=O) groups is 1. The maximum absolute atomic E-state index is 13.2. The van der Waals surface area contributed by atoms with Crippen LogP contribution in [-0.4, -0.2) is 34.9 Å². The van der Waals surface area contributed by atoms with Gasteiger partial charge < -0.3 is 14.8 Å². The molecule has 1 aromatic carbocycles. The predicted molar refractivity (Wildman–Crippen MR) is 107 cm³/mol. The first-order chi connectivity index (χ1) is 13.7. The van der Waals surface area contributed by atoms with Crippen LogP contribution in [0.15, 0.2) is 30.5 Å². The molecule has 0 radical (unpaired) electrons. The zero-order valence-electron chi connectivity index (χ0n) is 16.4. The number of hydrogen-bond acceptors (Lipinski definition) is 5. The zero-order valence-corrected chi connectivity index (χ0v) is 16.4. The fourth-order valence-electron chi connectivity index (χ4n) is 3.39. The summed E-state index contributed by atoms with van der Waals surface area (Å²) in [6.07, 6.45) is 4.91. The van der Waals surface area contributed by atoms with Crippen molar-refractivity contribution in [2.24, 2.45) is 0 Å². The van der Waals surface area contributed by atoms with Gasteiger partial charge in [-0.1, -0.05) is 13.0 Å². The highest BCUT2D eigenvalue weighted by molar-refractivity contribution is 6.12. The number of pyridine rings is 1. The Morgan fingerprint density at radius 1 is 1.29 bits per heavy atom. The van der Waals surface area contributed by atoms with E-state index in [-0.39, 0.29) is 5.91 Å². The summed E-state index contributed by atoms with van der Waals surface area (Å²) in [5.74, 6) is 1.28. The molecule has 1 saturated carbocycles. The summed E-state index contributed by atoms with van der Waals surface area (Å²) in [5, 5.41) is 8.17. The van der Waals surface area contributed by atoms with Gasteiger partial charge in [0.05, 0.1) is 37.1 Å². The largest absolute Gasteiger partial charge is 0.493 e. The first kappa shape index (κ1) is 18.3. The Bertz CT molecular complexity index is 1020. The highest BCUT2D eigenvalue weighted by atomic mass is 16.5. The van der Waals surface area contributed by atoms with Crippen molar-refractivity contribution in [3.8, 4) is 11.5 Å². The summed E-state index contributed by atoms with van der Waals surface area (Å²) in [6.45, 7) is 2.87. The minimum Gasteiger partial charge on any atom is -0.493 e. The second-order valence-electron chi connectivity index (χ2n) is 6.97. The van der Waals surface area contributed by atoms with Crippen molar-refractivity contribution < 1.29 is 14.3 Å². The van der Waals surface area contributed by atoms with E-state index in [9.17, 15) is 4.79 Å². The molecule has 1 aliphatic rings. The van der Waals surface area contributed by atoms with Gasteiger partial charge in [0, 0.05) is 18.2 Å². The molecule has 2 heterocycles. The number of para-hydroxylation sites is 1. The summed E-state index contributed by atoms with van der Waals surface area (Å²) in [5.41, 5.74) is 2.88. The number of hydrogen-bond donors (Lipinski definition) is 1. The maximum Gasteiger partial charge on any atom is 0.256 e. The monoisotopic (exact) mass is 380 g/mol. The van der Waals surface area contributed by atoms with Crippen molar-refractivity contribution in [3.63, 3.8) is 0 Å². The molecule has 0 bridgehead atoms. The van der Waals surface area contributed by atoms with Crippen molar-refractivity contribution >= 4 is 22.6 Å². The van der Waals surface area contributed by atoms with E-state index in [0.29, 0.717) is 28.7 Å². The van der Waals surface area contributed by atoms with Gasteiger partial charge >= 0.3 is 0 Å². The van der Waals surface area contributed by atoms with Crippen molar-refractivity contribution in [2.75, 3.05) is 19.5 Å². The van der Waals surface area contributed by atoms with E-state index in [0.717, 1.165) is 42.5 Å². The summed E-state index contributed by atoms with van der Waals surface area (Å²) in [6, 6.07) is 7.30. The minimum atomic E-state index is -0.211. The van der Waals surface area contributed by atoms with Crippen molar-refractivity contribution in [1.29, 1.82) is 0 Å². The van der Waals surface area contributed by atoms with E-state index < -0.39 is 0 Å². The molecular formula is C21H24N4O3. The smallest absolute Gasteiger partial charge is 0.256 e. The number of aromatic nitrogens is 3. The molecule has 0 spiro atoms. The summed E-state index contributed by atoms with van der Waals surface area (Å²) >= 11 is 0. The van der Waals surface area contributed by atoms with Crippen LogP contribution in [0.4, 0.5) is 5.69 Å². The van der Waals surface area contributed by atoms with Crippen LogP contribution in [-0.2, 0) is 6.54 Å². The predicted octanol–water partition coefficient (Wildman–Crippen LogP) is 3.99. The Morgan fingerprint density at radius 2 is 2.11 bits per heavy atom. The van der Waals surface area contributed by atoms with E-state index in [2.05, 4.69) is 17.3 Å². The standard InChI is InChI=1S/C21H24N4O3/c1-4-10-25-20-15(12-22-25)14(11-17(23-20)13-8-9-13)21(26)24-16-6-5-7-18(27-2)19(16)28-3/h5-7,11-13H,4,8-10H2,1-3H3,(H,24,26). The zero-order chi connectivity index (χ0) is 19.7. The van der Waals surface area contributed by atoms with Gasteiger partial charge in [-0.3, -0.25) is 4.79 Å². The lowest BCUT2D eigenvalue weighted by Gasteiger charge is -2.14. The SMILES string of the molecule is CCCn1ncc2c(C(=O)Nc3cccc(OC)c3OC)cc(C3CC3)nc21. The number of benzene rings is 1.